The fourth-order valence-corrected chi connectivity index (χ4v) is 1.22. The molecule has 0 aliphatic carbocycles. The molecule has 0 spiro atoms. The molecule has 16 heavy (non-hydrogen) atoms. The lowest BCUT2D eigenvalue weighted by Crippen LogP contribution is -2.07. The van der Waals surface area contributed by atoms with E-state index >= 15 is 0 Å². The van der Waals surface area contributed by atoms with Crippen molar-refractivity contribution in [2.24, 2.45) is 0 Å². The highest BCUT2D eigenvalue weighted by Crippen LogP contribution is 2.27. The van der Waals surface area contributed by atoms with Gasteiger partial charge in [0.2, 0.25) is 0 Å². The van der Waals surface area contributed by atoms with Gasteiger partial charge in [-0.05, 0) is 18.2 Å². The maximum Gasteiger partial charge on any atom is 0.435 e. The van der Waals surface area contributed by atoms with Gasteiger partial charge in [-0.25, -0.2) is 9.67 Å². The standard InChI is InChI=1S/C9H5ClF3N3/c10-6-1-2-8(14-5-6)16-4-3-7(15-16)9(11,12)13/h1-5H. The van der Waals surface area contributed by atoms with E-state index in [2.05, 4.69) is 10.1 Å². The molecule has 7 heteroatoms. The van der Waals surface area contributed by atoms with Crippen molar-refractivity contribution >= 4 is 11.6 Å². The molecular formula is C9H5ClF3N3. The zero-order valence-electron chi connectivity index (χ0n) is 7.74. The highest BCUT2D eigenvalue weighted by atomic mass is 35.5. The normalized spacial score (nSPS) is 11.8. The van der Waals surface area contributed by atoms with Crippen LogP contribution in [0.3, 0.4) is 0 Å². The van der Waals surface area contributed by atoms with Crippen LogP contribution in [0.4, 0.5) is 13.2 Å². The molecule has 0 aromatic carbocycles. The molecule has 2 aromatic heterocycles. The van der Waals surface area contributed by atoms with Crippen molar-refractivity contribution in [2.45, 2.75) is 6.18 Å². The summed E-state index contributed by atoms with van der Waals surface area (Å²) in [6, 6.07) is 3.89. The zero-order chi connectivity index (χ0) is 11.8. The monoisotopic (exact) mass is 247 g/mol. The van der Waals surface area contributed by atoms with E-state index in [9.17, 15) is 13.2 Å². The van der Waals surface area contributed by atoms with Crippen LogP contribution in [0.2, 0.25) is 5.02 Å². The molecule has 0 aliphatic heterocycles. The second-order valence-corrected chi connectivity index (χ2v) is 3.41. The Bertz CT molecular complexity index is 489. The lowest BCUT2D eigenvalue weighted by atomic mass is 10.4. The molecule has 2 heterocycles. The largest absolute Gasteiger partial charge is 0.435 e. The summed E-state index contributed by atoms with van der Waals surface area (Å²) in [5.74, 6) is 0.278. The highest BCUT2D eigenvalue weighted by Gasteiger charge is 2.33. The molecule has 0 saturated carbocycles. The third kappa shape index (κ3) is 2.16. The lowest BCUT2D eigenvalue weighted by molar-refractivity contribution is -0.141. The van der Waals surface area contributed by atoms with Gasteiger partial charge >= 0.3 is 6.18 Å². The average Bonchev–Trinajstić information content (AvgIpc) is 2.67. The Hall–Kier alpha value is -1.56. The molecule has 0 aliphatic rings. The Kier molecular flexibility index (Phi) is 2.59. The van der Waals surface area contributed by atoms with Gasteiger partial charge in [0.15, 0.2) is 11.5 Å². The molecule has 2 aromatic rings. The van der Waals surface area contributed by atoms with Gasteiger partial charge in [0.25, 0.3) is 0 Å². The minimum absolute atomic E-state index is 0.278. The maximum atomic E-state index is 12.3. The van der Waals surface area contributed by atoms with Gasteiger partial charge in [0.1, 0.15) is 0 Å². The molecule has 0 atom stereocenters. The first kappa shape index (κ1) is 10.9. The van der Waals surface area contributed by atoms with E-state index < -0.39 is 11.9 Å². The van der Waals surface area contributed by atoms with Crippen molar-refractivity contribution in [3.63, 3.8) is 0 Å². The van der Waals surface area contributed by atoms with E-state index in [-0.39, 0.29) is 5.82 Å². The molecular weight excluding hydrogens is 243 g/mol. The molecule has 2 rings (SSSR count). The van der Waals surface area contributed by atoms with E-state index in [4.69, 9.17) is 11.6 Å². The Morgan fingerprint density at radius 1 is 1.19 bits per heavy atom. The van der Waals surface area contributed by atoms with E-state index in [1.807, 2.05) is 0 Å². The SMILES string of the molecule is FC(F)(F)c1ccn(-c2ccc(Cl)cn2)n1. The molecule has 3 nitrogen and oxygen atoms in total. The van der Waals surface area contributed by atoms with Crippen molar-refractivity contribution in [3.8, 4) is 5.82 Å². The van der Waals surface area contributed by atoms with Gasteiger partial charge in [0, 0.05) is 12.4 Å². The molecule has 0 saturated heterocycles. The number of hydrogen-bond donors (Lipinski definition) is 0. The number of pyridine rings is 1. The van der Waals surface area contributed by atoms with E-state index in [0.717, 1.165) is 10.7 Å². The summed E-state index contributed by atoms with van der Waals surface area (Å²) in [6.45, 7) is 0. The summed E-state index contributed by atoms with van der Waals surface area (Å²) in [5.41, 5.74) is -0.954. The molecule has 0 unspecified atom stereocenters. The fraction of sp³-hybridized carbons (Fsp3) is 0.111. The van der Waals surface area contributed by atoms with E-state index in [0.29, 0.717) is 5.02 Å². The highest BCUT2D eigenvalue weighted by molar-refractivity contribution is 6.30. The summed E-state index contributed by atoms with van der Waals surface area (Å²) in [5, 5.41) is 3.78. The summed E-state index contributed by atoms with van der Waals surface area (Å²) >= 11 is 5.60. The molecule has 0 amide bonds. The van der Waals surface area contributed by atoms with Crippen molar-refractivity contribution < 1.29 is 13.2 Å². The van der Waals surface area contributed by atoms with E-state index in [1.54, 1.807) is 0 Å². The van der Waals surface area contributed by atoms with Gasteiger partial charge in [-0.3, -0.25) is 0 Å². The first-order valence-electron chi connectivity index (χ1n) is 4.21. The van der Waals surface area contributed by atoms with Crippen LogP contribution in [-0.4, -0.2) is 14.8 Å². The first-order valence-corrected chi connectivity index (χ1v) is 4.59. The minimum atomic E-state index is -4.45. The first-order chi connectivity index (χ1) is 7.47. The third-order valence-corrected chi connectivity index (χ3v) is 2.05. The number of aromatic nitrogens is 3. The number of nitrogens with zero attached hydrogens (tertiary/aromatic N) is 3. The maximum absolute atomic E-state index is 12.3. The summed E-state index contributed by atoms with van der Waals surface area (Å²) in [6.07, 6.45) is -1.91. The Labute approximate surface area is 93.5 Å². The van der Waals surface area contributed by atoms with Crippen molar-refractivity contribution in [1.29, 1.82) is 0 Å². The van der Waals surface area contributed by atoms with Crippen molar-refractivity contribution in [1.82, 2.24) is 14.8 Å². The van der Waals surface area contributed by atoms with Gasteiger partial charge in [-0.15, -0.1) is 0 Å². The van der Waals surface area contributed by atoms with Crippen LogP contribution in [0.15, 0.2) is 30.6 Å². The third-order valence-electron chi connectivity index (χ3n) is 1.83. The number of halogens is 4. The fourth-order valence-electron chi connectivity index (χ4n) is 1.11. The van der Waals surface area contributed by atoms with E-state index in [1.165, 1.54) is 24.5 Å². The van der Waals surface area contributed by atoms with Crippen LogP contribution in [0.5, 0.6) is 0 Å². The predicted octanol–water partition coefficient (Wildman–Crippen LogP) is 2.94. The topological polar surface area (TPSA) is 30.7 Å². The summed E-state index contributed by atoms with van der Waals surface area (Å²) < 4.78 is 37.8. The summed E-state index contributed by atoms with van der Waals surface area (Å²) in [4.78, 5) is 3.85. The molecule has 0 N–H and O–H groups in total. The molecule has 0 fully saturated rings. The van der Waals surface area contributed by atoms with Crippen molar-refractivity contribution in [2.75, 3.05) is 0 Å². The van der Waals surface area contributed by atoms with Crippen LogP contribution in [0.25, 0.3) is 5.82 Å². The molecule has 0 bridgehead atoms. The van der Waals surface area contributed by atoms with Gasteiger partial charge in [0.05, 0.1) is 5.02 Å². The number of rotatable bonds is 1. The predicted molar refractivity (Wildman–Crippen MR) is 51.4 cm³/mol. The van der Waals surface area contributed by atoms with Crippen LogP contribution in [0, 0.1) is 0 Å². The number of alkyl halides is 3. The zero-order valence-corrected chi connectivity index (χ0v) is 8.50. The minimum Gasteiger partial charge on any atom is -0.236 e. The average molecular weight is 248 g/mol. The summed E-state index contributed by atoms with van der Waals surface area (Å²) in [7, 11) is 0. The second-order valence-electron chi connectivity index (χ2n) is 2.98. The Morgan fingerprint density at radius 3 is 2.44 bits per heavy atom. The van der Waals surface area contributed by atoms with Gasteiger partial charge in [-0.2, -0.15) is 18.3 Å². The quantitative estimate of drug-likeness (QED) is 0.776. The molecule has 84 valence electrons. The molecule has 0 radical (unpaired) electrons. The second kappa shape index (κ2) is 3.79. The smallest absolute Gasteiger partial charge is 0.236 e. The Balaban J connectivity index is 2.35. The van der Waals surface area contributed by atoms with Crippen LogP contribution >= 0.6 is 11.6 Å². The van der Waals surface area contributed by atoms with Gasteiger partial charge < -0.3 is 0 Å². The van der Waals surface area contributed by atoms with Gasteiger partial charge in [-0.1, -0.05) is 11.6 Å². The van der Waals surface area contributed by atoms with Crippen LogP contribution < -0.4 is 0 Å². The van der Waals surface area contributed by atoms with Crippen LogP contribution in [-0.2, 0) is 6.18 Å². The Morgan fingerprint density at radius 2 is 1.94 bits per heavy atom. The number of hydrogen-bond acceptors (Lipinski definition) is 2. The van der Waals surface area contributed by atoms with Crippen LogP contribution in [0.1, 0.15) is 5.69 Å². The lowest BCUT2D eigenvalue weighted by Gasteiger charge is -2.02. The van der Waals surface area contributed by atoms with Crippen molar-refractivity contribution in [3.05, 3.63) is 41.3 Å².